The molecule has 0 aliphatic heterocycles. The van der Waals surface area contributed by atoms with E-state index in [0.717, 1.165) is 32.1 Å². The lowest BCUT2D eigenvalue weighted by Gasteiger charge is -2.22. The lowest BCUT2D eigenvalue weighted by molar-refractivity contribution is -0.123. The van der Waals surface area contributed by atoms with E-state index < -0.39 is 12.1 Å². The summed E-state index contributed by atoms with van der Waals surface area (Å²) in [4.78, 5) is 12.3. The molecule has 2 unspecified atom stereocenters. The molecule has 0 aliphatic rings. The Hall–Kier alpha value is -0.870. The predicted octanol–water partition coefficient (Wildman–Crippen LogP) is 14.2. The molecule has 0 saturated heterocycles. The van der Waals surface area contributed by atoms with Crippen molar-refractivity contribution in [3.05, 3.63) is 12.2 Å². The van der Waals surface area contributed by atoms with Crippen molar-refractivity contribution >= 4 is 5.91 Å². The van der Waals surface area contributed by atoms with Crippen molar-refractivity contribution in [1.29, 1.82) is 0 Å². The number of nitrogens with one attached hydrogen (secondary N) is 1. The maximum absolute atomic E-state index is 12.3. The molecule has 1 amide bonds. The second-order valence-electron chi connectivity index (χ2n) is 15.8. The maximum atomic E-state index is 12.3. The smallest absolute Gasteiger partial charge is 0.220 e. The molecule has 50 heavy (non-hydrogen) atoms. The van der Waals surface area contributed by atoms with Crippen LogP contribution < -0.4 is 5.32 Å². The van der Waals surface area contributed by atoms with Crippen LogP contribution in [-0.4, -0.2) is 34.9 Å². The van der Waals surface area contributed by atoms with E-state index in [1.807, 2.05) is 0 Å². The van der Waals surface area contributed by atoms with Gasteiger partial charge in [0.05, 0.1) is 18.8 Å². The van der Waals surface area contributed by atoms with Gasteiger partial charge in [-0.25, -0.2) is 0 Å². The van der Waals surface area contributed by atoms with E-state index in [2.05, 4.69) is 31.3 Å². The lowest BCUT2D eigenvalue weighted by Crippen LogP contribution is -2.45. The molecule has 4 heteroatoms. The van der Waals surface area contributed by atoms with Crippen LogP contribution in [-0.2, 0) is 4.79 Å². The average molecular weight is 706 g/mol. The zero-order valence-electron chi connectivity index (χ0n) is 34.2. The van der Waals surface area contributed by atoms with E-state index in [4.69, 9.17) is 0 Å². The first-order valence-electron chi connectivity index (χ1n) is 22.9. The highest BCUT2D eigenvalue weighted by atomic mass is 16.3. The van der Waals surface area contributed by atoms with Gasteiger partial charge >= 0.3 is 0 Å². The second kappa shape index (κ2) is 42.5. The van der Waals surface area contributed by atoms with Crippen LogP contribution in [0.5, 0.6) is 0 Å². The van der Waals surface area contributed by atoms with Crippen LogP contribution in [0.25, 0.3) is 0 Å². The standard InChI is InChI=1S/C46H91NO3/c1-3-5-7-9-11-13-15-16-17-18-19-20-21-22-23-24-25-26-27-28-29-30-31-32-33-35-37-39-41-45(49)44(43-48)47-46(50)42-40-38-36-34-14-12-10-8-6-4-2/h8,10,44-45,48-49H,3-7,9,11-43H2,1-2H3,(H,47,50)/b10-8-. The summed E-state index contributed by atoms with van der Waals surface area (Å²) in [5.41, 5.74) is 0. The fourth-order valence-corrected chi connectivity index (χ4v) is 7.25. The molecule has 0 radical (unpaired) electrons. The quantitative estimate of drug-likeness (QED) is 0.0437. The molecular weight excluding hydrogens is 615 g/mol. The van der Waals surface area contributed by atoms with Gasteiger partial charge in [0, 0.05) is 6.42 Å². The van der Waals surface area contributed by atoms with Gasteiger partial charge in [0.15, 0.2) is 0 Å². The summed E-state index contributed by atoms with van der Waals surface area (Å²) in [6, 6.07) is -0.536. The van der Waals surface area contributed by atoms with Crippen molar-refractivity contribution in [3.8, 4) is 0 Å². The Morgan fingerprint density at radius 3 is 1.18 bits per heavy atom. The minimum atomic E-state index is -0.659. The summed E-state index contributed by atoms with van der Waals surface area (Å²) in [6.07, 6.45) is 53.2. The van der Waals surface area contributed by atoms with Crippen molar-refractivity contribution in [1.82, 2.24) is 5.32 Å². The van der Waals surface area contributed by atoms with E-state index in [0.29, 0.717) is 12.8 Å². The lowest BCUT2D eigenvalue weighted by atomic mass is 10.0. The van der Waals surface area contributed by atoms with Crippen molar-refractivity contribution in [2.24, 2.45) is 0 Å². The van der Waals surface area contributed by atoms with Gasteiger partial charge in [-0.2, -0.15) is 0 Å². The molecule has 298 valence electrons. The van der Waals surface area contributed by atoms with E-state index in [1.54, 1.807) is 0 Å². The molecule has 0 heterocycles. The van der Waals surface area contributed by atoms with Crippen LogP contribution in [0.4, 0.5) is 0 Å². The number of carbonyl (C=O) groups excluding carboxylic acids is 1. The van der Waals surface area contributed by atoms with Gasteiger partial charge in [0.1, 0.15) is 0 Å². The van der Waals surface area contributed by atoms with Gasteiger partial charge < -0.3 is 15.5 Å². The zero-order valence-corrected chi connectivity index (χ0v) is 34.2. The second-order valence-corrected chi connectivity index (χ2v) is 15.8. The van der Waals surface area contributed by atoms with E-state index in [1.165, 1.54) is 199 Å². The maximum Gasteiger partial charge on any atom is 0.220 e. The first-order valence-corrected chi connectivity index (χ1v) is 22.9. The summed E-state index contributed by atoms with van der Waals surface area (Å²) >= 11 is 0. The van der Waals surface area contributed by atoms with Crippen molar-refractivity contribution in [2.45, 2.75) is 270 Å². The number of aliphatic hydroxyl groups excluding tert-OH is 2. The molecule has 0 fully saturated rings. The van der Waals surface area contributed by atoms with Gasteiger partial charge in [-0.05, 0) is 32.1 Å². The summed E-state index contributed by atoms with van der Waals surface area (Å²) in [5, 5.41) is 23.1. The molecular formula is C46H91NO3. The molecule has 0 bridgehead atoms. The van der Waals surface area contributed by atoms with Crippen molar-refractivity contribution in [3.63, 3.8) is 0 Å². The predicted molar refractivity (Wildman–Crippen MR) is 221 cm³/mol. The van der Waals surface area contributed by atoms with Crippen LogP contribution in [0.2, 0.25) is 0 Å². The van der Waals surface area contributed by atoms with Gasteiger partial charge in [-0.15, -0.1) is 0 Å². The van der Waals surface area contributed by atoms with Crippen molar-refractivity contribution in [2.75, 3.05) is 6.61 Å². The Labute approximate surface area is 314 Å². The summed E-state index contributed by atoms with van der Waals surface area (Å²) in [6.45, 7) is 4.31. The Morgan fingerprint density at radius 1 is 0.460 bits per heavy atom. The molecule has 0 aliphatic carbocycles. The molecule has 0 rings (SSSR count). The highest BCUT2D eigenvalue weighted by Crippen LogP contribution is 2.17. The third-order valence-electron chi connectivity index (χ3n) is 10.8. The minimum Gasteiger partial charge on any atom is -0.394 e. The zero-order chi connectivity index (χ0) is 36.4. The summed E-state index contributed by atoms with van der Waals surface area (Å²) in [5.74, 6) is -0.0407. The van der Waals surface area contributed by atoms with Gasteiger partial charge in [0.25, 0.3) is 0 Å². The van der Waals surface area contributed by atoms with Crippen molar-refractivity contribution < 1.29 is 15.0 Å². The molecule has 4 nitrogen and oxygen atoms in total. The molecule has 0 aromatic carbocycles. The molecule has 0 aromatic rings. The highest BCUT2D eigenvalue weighted by molar-refractivity contribution is 5.76. The Morgan fingerprint density at radius 2 is 0.800 bits per heavy atom. The molecule has 0 spiro atoms. The van der Waals surface area contributed by atoms with Crippen LogP contribution in [0, 0.1) is 0 Å². The fourth-order valence-electron chi connectivity index (χ4n) is 7.25. The van der Waals surface area contributed by atoms with E-state index in [-0.39, 0.29) is 12.5 Å². The molecule has 0 saturated carbocycles. The van der Waals surface area contributed by atoms with Crippen LogP contribution in [0.1, 0.15) is 258 Å². The number of carbonyl (C=O) groups is 1. The van der Waals surface area contributed by atoms with Crippen LogP contribution >= 0.6 is 0 Å². The van der Waals surface area contributed by atoms with E-state index in [9.17, 15) is 15.0 Å². The number of hydrogen-bond donors (Lipinski definition) is 3. The summed E-state index contributed by atoms with van der Waals surface area (Å²) < 4.78 is 0. The highest BCUT2D eigenvalue weighted by Gasteiger charge is 2.20. The molecule has 2 atom stereocenters. The third kappa shape index (κ3) is 38.4. The van der Waals surface area contributed by atoms with E-state index >= 15 is 0 Å². The first-order chi connectivity index (χ1) is 24.7. The van der Waals surface area contributed by atoms with Crippen LogP contribution in [0.3, 0.4) is 0 Å². The normalized spacial score (nSPS) is 13.0. The summed E-state index contributed by atoms with van der Waals surface area (Å²) in [7, 11) is 0. The Balaban J connectivity index is 3.38. The van der Waals surface area contributed by atoms with Gasteiger partial charge in [-0.1, -0.05) is 231 Å². The van der Waals surface area contributed by atoms with Crippen LogP contribution in [0.15, 0.2) is 12.2 Å². The number of unbranched alkanes of at least 4 members (excludes halogenated alkanes) is 33. The van der Waals surface area contributed by atoms with Gasteiger partial charge in [-0.3, -0.25) is 4.79 Å². The average Bonchev–Trinajstić information content (AvgIpc) is 3.12. The number of amides is 1. The minimum absolute atomic E-state index is 0.0407. The third-order valence-corrected chi connectivity index (χ3v) is 10.8. The number of allylic oxidation sites excluding steroid dienone is 2. The SMILES string of the molecule is CCC/C=C\CCCCCCCC(=O)NC(CO)C(O)CCCCCCCCCCCCCCCCCCCCCCCCCCCCCC. The Bertz CT molecular complexity index is 680. The largest absolute Gasteiger partial charge is 0.394 e. The Kier molecular flexibility index (Phi) is 41.8. The number of aliphatic hydroxyl groups is 2. The molecule has 0 aromatic heterocycles. The topological polar surface area (TPSA) is 69.6 Å². The number of rotatable bonds is 42. The number of hydrogen-bond acceptors (Lipinski definition) is 3. The first kappa shape index (κ1) is 49.1. The fraction of sp³-hybridized carbons (Fsp3) is 0.935. The van der Waals surface area contributed by atoms with Gasteiger partial charge in [0.2, 0.25) is 5.91 Å². The molecule has 3 N–H and O–H groups in total. The monoisotopic (exact) mass is 706 g/mol.